The van der Waals surface area contributed by atoms with Crippen molar-refractivity contribution in [2.45, 2.75) is 12.7 Å². The molecule has 29 heavy (non-hydrogen) atoms. The van der Waals surface area contributed by atoms with Crippen molar-refractivity contribution >= 4 is 27.8 Å². The quantitative estimate of drug-likeness (QED) is 0.499. The second kappa shape index (κ2) is 6.77. The standard InChI is InChI=1S/C22H14F3NO3/c23-22(24,25)15-9-10-17-19(11-15)26(18-4-2-1-3-16(18)20(17)27)12-13-5-7-14(8-6-13)21(28)29/h1-11H,12H2,(H,28,29). The number of para-hydroxylation sites is 1. The van der Waals surface area contributed by atoms with Crippen LogP contribution in [0, 0.1) is 0 Å². The first-order valence-electron chi connectivity index (χ1n) is 8.70. The Bertz CT molecular complexity index is 1310. The van der Waals surface area contributed by atoms with Crippen molar-refractivity contribution in [3.63, 3.8) is 0 Å². The van der Waals surface area contributed by atoms with E-state index in [1.54, 1.807) is 41.0 Å². The van der Waals surface area contributed by atoms with Gasteiger partial charge in [0.25, 0.3) is 0 Å². The van der Waals surface area contributed by atoms with Crippen molar-refractivity contribution in [2.24, 2.45) is 0 Å². The molecule has 0 bridgehead atoms. The normalized spacial score (nSPS) is 11.8. The van der Waals surface area contributed by atoms with E-state index in [1.165, 1.54) is 18.2 Å². The molecule has 7 heteroatoms. The van der Waals surface area contributed by atoms with Crippen LogP contribution in [0.3, 0.4) is 0 Å². The van der Waals surface area contributed by atoms with Crippen molar-refractivity contribution in [1.29, 1.82) is 0 Å². The van der Waals surface area contributed by atoms with Crippen LogP contribution in [0.15, 0.2) is 71.5 Å². The van der Waals surface area contributed by atoms with Gasteiger partial charge in [-0.15, -0.1) is 0 Å². The number of carboxylic acids is 1. The monoisotopic (exact) mass is 397 g/mol. The number of aromatic carboxylic acids is 1. The molecule has 0 atom stereocenters. The van der Waals surface area contributed by atoms with Gasteiger partial charge in [0.05, 0.1) is 22.2 Å². The van der Waals surface area contributed by atoms with E-state index in [4.69, 9.17) is 5.11 Å². The molecule has 4 nitrogen and oxygen atoms in total. The van der Waals surface area contributed by atoms with Crippen molar-refractivity contribution in [1.82, 2.24) is 4.57 Å². The van der Waals surface area contributed by atoms with Crippen LogP contribution in [0.4, 0.5) is 13.2 Å². The Hall–Kier alpha value is -3.61. The predicted octanol–water partition coefficient (Wildman–Crippen LogP) is 4.92. The van der Waals surface area contributed by atoms with Crippen molar-refractivity contribution in [3.8, 4) is 0 Å². The molecule has 1 N–H and O–H groups in total. The maximum absolute atomic E-state index is 13.3. The number of halogens is 3. The van der Waals surface area contributed by atoms with E-state index in [0.717, 1.165) is 12.1 Å². The Labute approximate surface area is 162 Å². The summed E-state index contributed by atoms with van der Waals surface area (Å²) in [4.78, 5) is 23.9. The number of hydrogen-bond acceptors (Lipinski definition) is 2. The SMILES string of the molecule is O=C(O)c1ccc(Cn2c3ccccc3c(=O)c3ccc(C(F)(F)F)cc32)cc1. The number of hydrogen-bond donors (Lipinski definition) is 1. The van der Waals surface area contributed by atoms with Crippen LogP contribution in [0.2, 0.25) is 0 Å². The van der Waals surface area contributed by atoms with Gasteiger partial charge in [0.2, 0.25) is 0 Å². The Balaban J connectivity index is 1.99. The summed E-state index contributed by atoms with van der Waals surface area (Å²) in [6, 6.07) is 15.9. The second-order valence-corrected chi connectivity index (χ2v) is 6.66. The summed E-state index contributed by atoms with van der Waals surface area (Å²) in [6.45, 7) is 0.179. The fourth-order valence-electron chi connectivity index (χ4n) is 3.40. The smallest absolute Gasteiger partial charge is 0.416 e. The van der Waals surface area contributed by atoms with Gasteiger partial charge in [-0.1, -0.05) is 24.3 Å². The van der Waals surface area contributed by atoms with Crippen LogP contribution in [0.25, 0.3) is 21.8 Å². The fraction of sp³-hybridized carbons (Fsp3) is 0.0909. The lowest BCUT2D eigenvalue weighted by atomic mass is 10.1. The maximum Gasteiger partial charge on any atom is 0.416 e. The first kappa shape index (κ1) is 18.7. The summed E-state index contributed by atoms with van der Waals surface area (Å²) in [5.74, 6) is -1.06. The van der Waals surface area contributed by atoms with E-state index in [1.807, 2.05) is 0 Å². The molecule has 3 aromatic carbocycles. The molecule has 0 aliphatic carbocycles. The molecule has 0 aliphatic heterocycles. The highest BCUT2D eigenvalue weighted by Gasteiger charge is 2.31. The molecular formula is C22H14F3NO3. The zero-order valence-corrected chi connectivity index (χ0v) is 14.9. The van der Waals surface area contributed by atoms with Gasteiger partial charge in [0.1, 0.15) is 0 Å². The third-order valence-corrected chi connectivity index (χ3v) is 4.84. The van der Waals surface area contributed by atoms with E-state index in [-0.39, 0.29) is 28.4 Å². The molecule has 0 aliphatic rings. The topological polar surface area (TPSA) is 59.3 Å². The van der Waals surface area contributed by atoms with Crippen LogP contribution in [0.1, 0.15) is 21.5 Å². The first-order chi connectivity index (χ1) is 13.8. The number of alkyl halides is 3. The number of benzene rings is 3. The summed E-state index contributed by atoms with van der Waals surface area (Å²) in [5, 5.41) is 9.64. The summed E-state index contributed by atoms with van der Waals surface area (Å²) < 4.78 is 41.4. The molecule has 4 rings (SSSR count). The third-order valence-electron chi connectivity index (χ3n) is 4.84. The van der Waals surface area contributed by atoms with Crippen molar-refractivity contribution < 1.29 is 23.1 Å². The number of aromatic nitrogens is 1. The van der Waals surface area contributed by atoms with Gasteiger partial charge in [-0.25, -0.2) is 4.79 Å². The lowest BCUT2D eigenvalue weighted by Crippen LogP contribution is -2.14. The number of carboxylic acid groups (broad SMARTS) is 1. The second-order valence-electron chi connectivity index (χ2n) is 6.66. The Morgan fingerprint density at radius 1 is 0.897 bits per heavy atom. The van der Waals surface area contributed by atoms with Gasteiger partial charge in [-0.3, -0.25) is 4.79 Å². The molecule has 0 amide bonds. The Morgan fingerprint density at radius 2 is 1.55 bits per heavy atom. The number of fused-ring (bicyclic) bond motifs is 2. The lowest BCUT2D eigenvalue weighted by Gasteiger charge is -2.17. The minimum atomic E-state index is -4.54. The van der Waals surface area contributed by atoms with Crippen LogP contribution in [0.5, 0.6) is 0 Å². The van der Waals surface area contributed by atoms with Gasteiger partial charge in [0, 0.05) is 17.3 Å². The number of pyridine rings is 1. The highest BCUT2D eigenvalue weighted by Crippen LogP contribution is 2.32. The van der Waals surface area contributed by atoms with Gasteiger partial charge in [-0.2, -0.15) is 13.2 Å². The molecule has 1 heterocycles. The highest BCUT2D eigenvalue weighted by molar-refractivity contribution is 5.94. The van der Waals surface area contributed by atoms with Gasteiger partial charge < -0.3 is 9.67 Å². The summed E-state index contributed by atoms with van der Waals surface area (Å²) >= 11 is 0. The fourth-order valence-corrected chi connectivity index (χ4v) is 3.40. The number of nitrogens with zero attached hydrogens (tertiary/aromatic N) is 1. The number of carbonyl (C=O) groups is 1. The molecule has 1 aromatic heterocycles. The van der Waals surface area contributed by atoms with Crippen LogP contribution >= 0.6 is 0 Å². The van der Waals surface area contributed by atoms with Crippen molar-refractivity contribution in [3.05, 3.63) is 93.6 Å². The summed E-state index contributed by atoms with van der Waals surface area (Å²) in [5.41, 5.74) is 0.319. The number of rotatable bonds is 3. The first-order valence-corrected chi connectivity index (χ1v) is 8.70. The molecule has 0 spiro atoms. The van der Waals surface area contributed by atoms with Crippen LogP contribution in [-0.4, -0.2) is 15.6 Å². The molecular weight excluding hydrogens is 383 g/mol. The molecule has 0 saturated heterocycles. The summed E-state index contributed by atoms with van der Waals surface area (Å²) in [7, 11) is 0. The molecule has 0 fully saturated rings. The van der Waals surface area contributed by atoms with E-state index < -0.39 is 17.7 Å². The van der Waals surface area contributed by atoms with E-state index in [2.05, 4.69) is 0 Å². The average molecular weight is 397 g/mol. The molecule has 0 radical (unpaired) electrons. The van der Waals surface area contributed by atoms with Crippen LogP contribution in [-0.2, 0) is 12.7 Å². The zero-order chi connectivity index (χ0) is 20.8. The Kier molecular flexibility index (Phi) is 4.38. The minimum Gasteiger partial charge on any atom is -0.478 e. The van der Waals surface area contributed by atoms with Crippen LogP contribution < -0.4 is 5.43 Å². The van der Waals surface area contributed by atoms with Gasteiger partial charge >= 0.3 is 12.1 Å². The maximum atomic E-state index is 13.3. The summed E-state index contributed by atoms with van der Waals surface area (Å²) in [6.07, 6.45) is -4.54. The lowest BCUT2D eigenvalue weighted by molar-refractivity contribution is -0.137. The van der Waals surface area contributed by atoms with Gasteiger partial charge in [-0.05, 0) is 48.0 Å². The molecule has 4 aromatic rings. The molecule has 0 unspecified atom stereocenters. The van der Waals surface area contributed by atoms with E-state index in [0.29, 0.717) is 16.5 Å². The predicted molar refractivity (Wildman–Crippen MR) is 103 cm³/mol. The van der Waals surface area contributed by atoms with Crippen molar-refractivity contribution in [2.75, 3.05) is 0 Å². The van der Waals surface area contributed by atoms with E-state index in [9.17, 15) is 22.8 Å². The minimum absolute atomic E-state index is 0.114. The third kappa shape index (κ3) is 3.35. The molecule has 0 saturated carbocycles. The van der Waals surface area contributed by atoms with E-state index >= 15 is 0 Å². The van der Waals surface area contributed by atoms with Gasteiger partial charge in [0.15, 0.2) is 5.43 Å². The average Bonchev–Trinajstić information content (AvgIpc) is 2.70. The molecule has 146 valence electrons. The zero-order valence-electron chi connectivity index (χ0n) is 14.9. The highest BCUT2D eigenvalue weighted by atomic mass is 19.4. The largest absolute Gasteiger partial charge is 0.478 e. The Morgan fingerprint density at radius 3 is 2.21 bits per heavy atom.